The quantitative estimate of drug-likeness (QED) is 0.890. The van der Waals surface area contributed by atoms with Gasteiger partial charge in [0, 0.05) is 22.4 Å². The van der Waals surface area contributed by atoms with Gasteiger partial charge in [0.25, 0.3) is 0 Å². The van der Waals surface area contributed by atoms with Crippen LogP contribution in [0.25, 0.3) is 0 Å². The van der Waals surface area contributed by atoms with Gasteiger partial charge >= 0.3 is 0 Å². The fraction of sp³-hybridized carbons (Fsp3) is 0.167. The highest BCUT2D eigenvalue weighted by Crippen LogP contribution is 2.29. The van der Waals surface area contributed by atoms with Crippen molar-refractivity contribution in [3.63, 3.8) is 0 Å². The van der Waals surface area contributed by atoms with Crippen LogP contribution in [0.15, 0.2) is 35.1 Å². The molecule has 1 unspecified atom stereocenters. The van der Waals surface area contributed by atoms with Crippen LogP contribution < -0.4 is 5.73 Å². The van der Waals surface area contributed by atoms with Crippen molar-refractivity contribution in [2.45, 2.75) is 13.0 Å². The Bertz CT molecular complexity index is 545. The number of nitrogen functional groups attached to an aromatic ring is 1. The molecule has 0 aliphatic rings. The number of aliphatic hydroxyl groups is 1. The van der Waals surface area contributed by atoms with E-state index in [4.69, 9.17) is 5.73 Å². The maximum atomic E-state index is 10.3. The lowest BCUT2D eigenvalue weighted by atomic mass is 10.1. The highest BCUT2D eigenvalue weighted by Gasteiger charge is 2.18. The van der Waals surface area contributed by atoms with Gasteiger partial charge in [-0.3, -0.25) is 4.98 Å². The third-order valence-corrected chi connectivity index (χ3v) is 3.10. The molecule has 0 radical (unpaired) electrons. The maximum absolute atomic E-state index is 10.3. The van der Waals surface area contributed by atoms with Crippen LogP contribution in [0.1, 0.15) is 22.9 Å². The van der Waals surface area contributed by atoms with E-state index in [0.29, 0.717) is 17.1 Å². The van der Waals surface area contributed by atoms with Crippen LogP contribution in [0.4, 0.5) is 5.82 Å². The van der Waals surface area contributed by atoms with E-state index in [0.717, 1.165) is 10.0 Å². The minimum Gasteiger partial charge on any atom is -0.383 e. The van der Waals surface area contributed by atoms with Crippen LogP contribution in [0.3, 0.4) is 0 Å². The summed E-state index contributed by atoms with van der Waals surface area (Å²) >= 11 is 3.35. The van der Waals surface area contributed by atoms with Crippen LogP contribution in [-0.2, 0) is 0 Å². The highest BCUT2D eigenvalue weighted by atomic mass is 79.9. The fourth-order valence-electron chi connectivity index (χ4n) is 1.57. The van der Waals surface area contributed by atoms with Gasteiger partial charge < -0.3 is 10.8 Å². The summed E-state index contributed by atoms with van der Waals surface area (Å²) in [6, 6.07) is 5.43. The summed E-state index contributed by atoms with van der Waals surface area (Å²) in [5.41, 5.74) is 7.82. The molecular weight excluding hydrogens is 282 g/mol. The van der Waals surface area contributed by atoms with Gasteiger partial charge in [0.1, 0.15) is 11.9 Å². The van der Waals surface area contributed by atoms with E-state index >= 15 is 0 Å². The largest absolute Gasteiger partial charge is 0.383 e. The van der Waals surface area contributed by atoms with E-state index in [2.05, 4.69) is 25.9 Å². The number of anilines is 1. The molecule has 0 saturated carbocycles. The molecule has 3 N–H and O–H groups in total. The molecule has 0 spiro atoms. The molecule has 17 heavy (non-hydrogen) atoms. The van der Waals surface area contributed by atoms with Crippen molar-refractivity contribution >= 4 is 21.7 Å². The molecule has 2 aromatic heterocycles. The molecule has 4 nitrogen and oxygen atoms in total. The second kappa shape index (κ2) is 4.81. The van der Waals surface area contributed by atoms with Crippen molar-refractivity contribution in [3.8, 4) is 0 Å². The first kappa shape index (κ1) is 12.0. The summed E-state index contributed by atoms with van der Waals surface area (Å²) in [4.78, 5) is 8.17. The van der Waals surface area contributed by atoms with Crippen molar-refractivity contribution in [1.82, 2.24) is 9.97 Å². The molecule has 5 heteroatoms. The normalized spacial score (nSPS) is 12.4. The van der Waals surface area contributed by atoms with Crippen molar-refractivity contribution in [1.29, 1.82) is 0 Å². The van der Waals surface area contributed by atoms with Gasteiger partial charge in [-0.05, 0) is 46.6 Å². The van der Waals surface area contributed by atoms with Crippen LogP contribution in [0, 0.1) is 6.92 Å². The van der Waals surface area contributed by atoms with E-state index in [1.165, 1.54) is 0 Å². The molecule has 2 heterocycles. The van der Waals surface area contributed by atoms with E-state index in [9.17, 15) is 5.11 Å². The highest BCUT2D eigenvalue weighted by molar-refractivity contribution is 9.10. The molecule has 0 saturated heterocycles. The third kappa shape index (κ3) is 2.45. The Morgan fingerprint density at radius 1 is 1.41 bits per heavy atom. The monoisotopic (exact) mass is 293 g/mol. The minimum absolute atomic E-state index is 0.320. The lowest BCUT2D eigenvalue weighted by Gasteiger charge is -2.14. The maximum Gasteiger partial charge on any atom is 0.129 e. The first-order valence-corrected chi connectivity index (χ1v) is 5.89. The average Bonchev–Trinajstić information content (AvgIpc) is 2.32. The summed E-state index contributed by atoms with van der Waals surface area (Å²) in [6.45, 7) is 1.90. The molecular formula is C12H12BrN3O. The molecule has 0 aliphatic heterocycles. The van der Waals surface area contributed by atoms with Gasteiger partial charge in [-0.2, -0.15) is 0 Å². The van der Waals surface area contributed by atoms with Gasteiger partial charge in [-0.1, -0.05) is 0 Å². The average molecular weight is 294 g/mol. The number of rotatable bonds is 2. The Kier molecular flexibility index (Phi) is 3.40. The smallest absolute Gasteiger partial charge is 0.129 e. The second-order valence-electron chi connectivity index (χ2n) is 3.76. The Balaban J connectivity index is 2.47. The molecule has 2 aromatic rings. The zero-order valence-electron chi connectivity index (χ0n) is 9.26. The lowest BCUT2D eigenvalue weighted by molar-refractivity contribution is 0.215. The number of nitrogens with zero attached hydrogens (tertiary/aromatic N) is 2. The number of hydrogen-bond acceptors (Lipinski definition) is 4. The zero-order chi connectivity index (χ0) is 12.4. The van der Waals surface area contributed by atoms with Gasteiger partial charge in [-0.25, -0.2) is 4.98 Å². The first-order valence-electron chi connectivity index (χ1n) is 5.10. The van der Waals surface area contributed by atoms with Crippen LogP contribution in [0.2, 0.25) is 0 Å². The predicted octanol–water partition coefficient (Wildman–Crippen LogP) is 2.21. The minimum atomic E-state index is -0.877. The van der Waals surface area contributed by atoms with E-state index in [1.54, 1.807) is 18.5 Å². The summed E-state index contributed by atoms with van der Waals surface area (Å²) in [5.74, 6) is 0.320. The topological polar surface area (TPSA) is 72.0 Å². The molecule has 2 rings (SSSR count). The molecule has 0 bridgehead atoms. The Hall–Kier alpha value is -1.46. The molecule has 0 aliphatic carbocycles. The molecule has 0 aromatic carbocycles. The van der Waals surface area contributed by atoms with E-state index < -0.39 is 6.10 Å². The van der Waals surface area contributed by atoms with Crippen molar-refractivity contribution in [3.05, 3.63) is 51.9 Å². The number of aromatic nitrogens is 2. The van der Waals surface area contributed by atoms with Crippen molar-refractivity contribution in [2.24, 2.45) is 0 Å². The number of nitrogens with two attached hydrogens (primary N) is 1. The van der Waals surface area contributed by atoms with Crippen LogP contribution in [-0.4, -0.2) is 15.1 Å². The molecule has 0 fully saturated rings. The second-order valence-corrected chi connectivity index (χ2v) is 4.61. The Morgan fingerprint density at radius 3 is 2.88 bits per heavy atom. The summed E-state index contributed by atoms with van der Waals surface area (Å²) in [6.07, 6.45) is 2.42. The zero-order valence-corrected chi connectivity index (χ0v) is 10.8. The Morgan fingerprint density at radius 2 is 2.18 bits per heavy atom. The lowest BCUT2D eigenvalue weighted by Crippen LogP contribution is -2.08. The van der Waals surface area contributed by atoms with Crippen LogP contribution in [0.5, 0.6) is 0 Å². The molecule has 1 atom stereocenters. The predicted molar refractivity (Wildman–Crippen MR) is 69.4 cm³/mol. The third-order valence-electron chi connectivity index (χ3n) is 2.43. The summed E-state index contributed by atoms with van der Waals surface area (Å²) in [5, 5.41) is 10.3. The molecule has 0 amide bonds. The van der Waals surface area contributed by atoms with Gasteiger partial charge in [0.15, 0.2) is 0 Å². The standard InChI is InChI=1S/C12H12BrN3O/c1-7-5-8(12(14)16-6-7)11(17)10-9(13)3-2-4-15-10/h2-6,11,17H,1H3,(H2,14,16). The van der Waals surface area contributed by atoms with Crippen LogP contribution >= 0.6 is 15.9 Å². The number of hydrogen-bond donors (Lipinski definition) is 2. The number of aryl methyl sites for hydroxylation is 1. The Labute approximate surface area is 108 Å². The van der Waals surface area contributed by atoms with Gasteiger partial charge in [0.05, 0.1) is 5.69 Å². The number of aliphatic hydroxyl groups excluding tert-OH is 1. The summed E-state index contributed by atoms with van der Waals surface area (Å²) in [7, 11) is 0. The SMILES string of the molecule is Cc1cnc(N)c(C(O)c2ncccc2Br)c1. The fourth-order valence-corrected chi connectivity index (χ4v) is 2.04. The summed E-state index contributed by atoms with van der Waals surface area (Å²) < 4.78 is 0.744. The first-order chi connectivity index (χ1) is 8.09. The van der Waals surface area contributed by atoms with E-state index in [1.807, 2.05) is 19.1 Å². The van der Waals surface area contributed by atoms with Gasteiger partial charge in [0.2, 0.25) is 0 Å². The number of pyridine rings is 2. The van der Waals surface area contributed by atoms with E-state index in [-0.39, 0.29) is 0 Å². The van der Waals surface area contributed by atoms with Gasteiger partial charge in [-0.15, -0.1) is 0 Å². The van der Waals surface area contributed by atoms with Crippen molar-refractivity contribution < 1.29 is 5.11 Å². The van der Waals surface area contributed by atoms with Crippen molar-refractivity contribution in [2.75, 3.05) is 5.73 Å². The molecule has 88 valence electrons. The number of halogens is 1.